The maximum atomic E-state index is 8.84. The Labute approximate surface area is 83.0 Å². The van der Waals surface area contributed by atoms with Gasteiger partial charge in [-0.1, -0.05) is 0 Å². The highest BCUT2D eigenvalue weighted by molar-refractivity contribution is 5.41. The maximum absolute atomic E-state index is 8.84. The summed E-state index contributed by atoms with van der Waals surface area (Å²) < 4.78 is 0. The number of nitrogens with zero attached hydrogens (tertiary/aromatic N) is 3. The first-order valence-electron chi connectivity index (χ1n) is 4.54. The highest BCUT2D eigenvalue weighted by Gasteiger charge is 2.09. The smallest absolute Gasteiger partial charge is 0.150 e. The van der Waals surface area contributed by atoms with Gasteiger partial charge in [-0.05, 0) is 6.92 Å². The van der Waals surface area contributed by atoms with E-state index < -0.39 is 0 Å². The van der Waals surface area contributed by atoms with Gasteiger partial charge in [0.15, 0.2) is 0 Å². The lowest BCUT2D eigenvalue weighted by Gasteiger charge is -2.22. The van der Waals surface area contributed by atoms with Gasteiger partial charge in [-0.2, -0.15) is 0 Å². The van der Waals surface area contributed by atoms with Gasteiger partial charge >= 0.3 is 0 Å². The van der Waals surface area contributed by atoms with Crippen LogP contribution in [0.15, 0.2) is 12.4 Å². The summed E-state index contributed by atoms with van der Waals surface area (Å²) >= 11 is 0. The van der Waals surface area contributed by atoms with Gasteiger partial charge in [0.2, 0.25) is 0 Å². The lowest BCUT2D eigenvalue weighted by molar-refractivity contribution is 0.280. The van der Waals surface area contributed by atoms with Crippen molar-refractivity contribution in [2.75, 3.05) is 31.2 Å². The van der Waals surface area contributed by atoms with E-state index in [-0.39, 0.29) is 13.2 Å². The summed E-state index contributed by atoms with van der Waals surface area (Å²) in [5, 5.41) is 17.7. The molecule has 0 saturated carbocycles. The van der Waals surface area contributed by atoms with Crippen molar-refractivity contribution < 1.29 is 10.2 Å². The quantitative estimate of drug-likeness (QED) is 0.670. The third kappa shape index (κ3) is 2.65. The molecule has 0 spiro atoms. The minimum Gasteiger partial charge on any atom is -0.395 e. The molecule has 1 aromatic rings. The minimum absolute atomic E-state index is 0.0377. The van der Waals surface area contributed by atoms with Gasteiger partial charge in [0.05, 0.1) is 18.9 Å². The third-order valence-electron chi connectivity index (χ3n) is 1.89. The fraction of sp³-hybridized carbons (Fsp3) is 0.556. The monoisotopic (exact) mass is 197 g/mol. The first-order chi connectivity index (χ1) is 6.79. The number of hydrogen-bond donors (Lipinski definition) is 2. The molecule has 0 unspecified atom stereocenters. The number of anilines is 1. The zero-order valence-corrected chi connectivity index (χ0v) is 8.22. The molecule has 5 heteroatoms. The molecule has 0 radical (unpaired) electrons. The van der Waals surface area contributed by atoms with Gasteiger partial charge in [-0.15, -0.1) is 0 Å². The average molecular weight is 197 g/mol. The van der Waals surface area contributed by atoms with E-state index in [0.29, 0.717) is 13.1 Å². The van der Waals surface area contributed by atoms with Crippen molar-refractivity contribution in [3.8, 4) is 0 Å². The summed E-state index contributed by atoms with van der Waals surface area (Å²) in [5.74, 6) is 0.718. The lowest BCUT2D eigenvalue weighted by atomic mass is 10.4. The minimum atomic E-state index is 0.0377. The Bertz CT molecular complexity index is 275. The standard InChI is InChI=1S/C9H15N3O2/c1-8-9(11-3-2-10-8)12(4-6-13)5-7-14/h2-3,13-14H,4-7H2,1H3. The van der Waals surface area contributed by atoms with Crippen molar-refractivity contribution >= 4 is 5.82 Å². The fourth-order valence-electron chi connectivity index (χ4n) is 1.28. The number of aliphatic hydroxyl groups is 2. The van der Waals surface area contributed by atoms with Gasteiger partial charge < -0.3 is 15.1 Å². The summed E-state index contributed by atoms with van der Waals surface area (Å²) in [7, 11) is 0. The Balaban J connectivity index is 2.81. The number of aliphatic hydroxyl groups excluding tert-OH is 2. The van der Waals surface area contributed by atoms with Crippen LogP contribution in [0.1, 0.15) is 5.69 Å². The van der Waals surface area contributed by atoms with Gasteiger partial charge in [0.1, 0.15) is 5.82 Å². The third-order valence-corrected chi connectivity index (χ3v) is 1.89. The summed E-state index contributed by atoms with van der Waals surface area (Å²) in [6.45, 7) is 2.84. The molecule has 0 aliphatic carbocycles. The normalized spacial score (nSPS) is 10.2. The zero-order valence-electron chi connectivity index (χ0n) is 8.22. The zero-order chi connectivity index (χ0) is 10.4. The average Bonchev–Trinajstić information content (AvgIpc) is 2.18. The maximum Gasteiger partial charge on any atom is 0.150 e. The van der Waals surface area contributed by atoms with Crippen molar-refractivity contribution in [3.05, 3.63) is 18.1 Å². The van der Waals surface area contributed by atoms with E-state index in [1.54, 1.807) is 12.4 Å². The van der Waals surface area contributed by atoms with Crippen LogP contribution >= 0.6 is 0 Å². The molecule has 1 heterocycles. The Morgan fingerprint density at radius 1 is 1.14 bits per heavy atom. The van der Waals surface area contributed by atoms with Crippen LogP contribution in [0.4, 0.5) is 5.82 Å². The van der Waals surface area contributed by atoms with Crippen LogP contribution in [0.2, 0.25) is 0 Å². The summed E-state index contributed by atoms with van der Waals surface area (Å²) in [6.07, 6.45) is 3.22. The SMILES string of the molecule is Cc1nccnc1N(CCO)CCO. The highest BCUT2D eigenvalue weighted by atomic mass is 16.3. The van der Waals surface area contributed by atoms with Crippen molar-refractivity contribution in [1.82, 2.24) is 9.97 Å². The molecular weight excluding hydrogens is 182 g/mol. The van der Waals surface area contributed by atoms with Crippen molar-refractivity contribution in [2.45, 2.75) is 6.92 Å². The predicted molar refractivity (Wildman–Crippen MR) is 53.2 cm³/mol. The second-order valence-electron chi connectivity index (χ2n) is 2.90. The Hall–Kier alpha value is -1.20. The van der Waals surface area contributed by atoms with E-state index in [2.05, 4.69) is 9.97 Å². The van der Waals surface area contributed by atoms with Gasteiger partial charge in [0.25, 0.3) is 0 Å². The first kappa shape index (κ1) is 10.9. The molecule has 0 bridgehead atoms. The first-order valence-corrected chi connectivity index (χ1v) is 4.54. The van der Waals surface area contributed by atoms with Crippen LogP contribution in [-0.4, -0.2) is 46.5 Å². The summed E-state index contributed by atoms with van der Waals surface area (Å²) in [6, 6.07) is 0. The molecule has 2 N–H and O–H groups in total. The number of rotatable bonds is 5. The van der Waals surface area contributed by atoms with E-state index in [1.807, 2.05) is 11.8 Å². The topological polar surface area (TPSA) is 69.5 Å². The molecule has 0 aliphatic rings. The van der Waals surface area contributed by atoms with E-state index in [0.717, 1.165) is 11.5 Å². The lowest BCUT2D eigenvalue weighted by Crippen LogP contribution is -2.31. The van der Waals surface area contributed by atoms with E-state index >= 15 is 0 Å². The van der Waals surface area contributed by atoms with E-state index in [4.69, 9.17) is 10.2 Å². The number of hydrogen-bond acceptors (Lipinski definition) is 5. The fourth-order valence-corrected chi connectivity index (χ4v) is 1.28. The van der Waals surface area contributed by atoms with Crippen LogP contribution in [-0.2, 0) is 0 Å². The Morgan fingerprint density at radius 2 is 1.71 bits per heavy atom. The molecule has 0 amide bonds. The highest BCUT2D eigenvalue weighted by Crippen LogP contribution is 2.12. The molecule has 0 saturated heterocycles. The predicted octanol–water partition coefficient (Wildman–Crippen LogP) is -0.424. The molecule has 1 aromatic heterocycles. The van der Waals surface area contributed by atoms with E-state index in [9.17, 15) is 0 Å². The molecule has 0 aromatic carbocycles. The van der Waals surface area contributed by atoms with Crippen LogP contribution in [0.3, 0.4) is 0 Å². The van der Waals surface area contributed by atoms with E-state index in [1.165, 1.54) is 0 Å². The van der Waals surface area contributed by atoms with Crippen LogP contribution in [0, 0.1) is 6.92 Å². The molecule has 0 fully saturated rings. The number of aryl methyl sites for hydroxylation is 1. The molecule has 78 valence electrons. The number of aromatic nitrogens is 2. The van der Waals surface area contributed by atoms with Crippen molar-refractivity contribution in [1.29, 1.82) is 0 Å². The largest absolute Gasteiger partial charge is 0.395 e. The Morgan fingerprint density at radius 3 is 2.21 bits per heavy atom. The second-order valence-corrected chi connectivity index (χ2v) is 2.90. The summed E-state index contributed by atoms with van der Waals surface area (Å²) in [4.78, 5) is 10.1. The molecule has 5 nitrogen and oxygen atoms in total. The van der Waals surface area contributed by atoms with Crippen LogP contribution in [0.5, 0.6) is 0 Å². The van der Waals surface area contributed by atoms with Gasteiger partial charge in [-0.3, -0.25) is 4.98 Å². The van der Waals surface area contributed by atoms with Crippen molar-refractivity contribution in [3.63, 3.8) is 0 Å². The summed E-state index contributed by atoms with van der Waals surface area (Å²) in [5.41, 5.74) is 0.800. The molecule has 14 heavy (non-hydrogen) atoms. The van der Waals surface area contributed by atoms with Gasteiger partial charge in [-0.25, -0.2) is 4.98 Å². The molecule has 0 aliphatic heterocycles. The molecule has 0 atom stereocenters. The van der Waals surface area contributed by atoms with Crippen LogP contribution in [0.25, 0.3) is 0 Å². The van der Waals surface area contributed by atoms with Crippen LogP contribution < -0.4 is 4.90 Å². The Kier molecular flexibility index (Phi) is 4.28. The molecular formula is C9H15N3O2. The van der Waals surface area contributed by atoms with Gasteiger partial charge in [0, 0.05) is 25.5 Å². The van der Waals surface area contributed by atoms with Crippen molar-refractivity contribution in [2.24, 2.45) is 0 Å². The second kappa shape index (κ2) is 5.51. The molecule has 1 rings (SSSR count).